The van der Waals surface area contributed by atoms with Crippen LogP contribution in [0.3, 0.4) is 0 Å². The van der Waals surface area contributed by atoms with Crippen molar-refractivity contribution in [3.05, 3.63) is 57.6 Å². The zero-order chi connectivity index (χ0) is 15.9. The molecule has 0 fully saturated rings. The normalized spacial score (nSPS) is 8.45. The van der Waals surface area contributed by atoms with E-state index in [1.807, 2.05) is 0 Å². The summed E-state index contributed by atoms with van der Waals surface area (Å²) in [6.45, 7) is 17.5. The summed E-state index contributed by atoms with van der Waals surface area (Å²) in [6, 6.07) is 8.63. The first kappa shape index (κ1) is 27.2. The van der Waals surface area contributed by atoms with Crippen LogP contribution < -0.4 is 24.8 Å². The Morgan fingerprint density at radius 2 is 1.00 bits per heavy atom. The molecule has 2 rings (SSSR count). The second-order valence-corrected chi connectivity index (χ2v) is 15.0. The van der Waals surface area contributed by atoms with Crippen molar-refractivity contribution in [2.75, 3.05) is 0 Å². The molecule has 0 heterocycles. The third-order valence-corrected chi connectivity index (χ3v) is 3.53. The van der Waals surface area contributed by atoms with Crippen molar-refractivity contribution in [2.45, 2.75) is 54.6 Å². The van der Waals surface area contributed by atoms with Gasteiger partial charge in [0.05, 0.1) is 0 Å². The van der Waals surface area contributed by atoms with Crippen molar-refractivity contribution in [3.8, 4) is 0 Å². The molecule has 0 amide bonds. The molecule has 22 heavy (non-hydrogen) atoms. The van der Waals surface area contributed by atoms with E-state index in [1.54, 1.807) is 23.3 Å². The van der Waals surface area contributed by atoms with Gasteiger partial charge in [-0.15, -0.1) is 0 Å². The summed E-state index contributed by atoms with van der Waals surface area (Å²) in [5, 5.41) is 0. The number of hydrogen-bond acceptors (Lipinski definition) is 0. The van der Waals surface area contributed by atoms with Gasteiger partial charge in [-0.2, -0.15) is 45.5 Å². The van der Waals surface area contributed by atoms with Gasteiger partial charge in [-0.25, -0.2) is 12.1 Å². The number of aryl methyl sites for hydroxylation is 4. The van der Waals surface area contributed by atoms with Crippen LogP contribution >= 0.6 is 0 Å². The maximum absolute atomic E-state index is 2.31. The summed E-state index contributed by atoms with van der Waals surface area (Å²) in [6.07, 6.45) is 0. The van der Waals surface area contributed by atoms with Crippen LogP contribution in [0, 0.1) is 41.5 Å². The molecule has 0 saturated carbocycles. The molecule has 0 bridgehead atoms. The van der Waals surface area contributed by atoms with E-state index < -0.39 is 0 Å². The minimum absolute atomic E-state index is 0. The molecule has 0 aliphatic rings. The summed E-state index contributed by atoms with van der Waals surface area (Å²) in [4.78, 5) is 0. The van der Waals surface area contributed by atoms with Crippen molar-refractivity contribution >= 4 is 5.43 Å². The molecule has 0 atom stereocenters. The molecule has 4 heteroatoms. The molecule has 0 radical (unpaired) electrons. The molecular formula is C18H28Cl2SiZr-2. The Balaban J connectivity index is -0.000000249. The van der Waals surface area contributed by atoms with Gasteiger partial charge in [0, 0.05) is 0 Å². The van der Waals surface area contributed by atoms with Crippen molar-refractivity contribution in [1.82, 2.24) is 0 Å². The van der Waals surface area contributed by atoms with E-state index in [1.165, 1.54) is 33.4 Å². The molecule has 0 nitrogen and oxygen atoms in total. The van der Waals surface area contributed by atoms with Gasteiger partial charge in [-0.05, 0) is 0 Å². The fourth-order valence-electron chi connectivity index (χ4n) is 1.62. The second kappa shape index (κ2) is 13.8. The van der Waals surface area contributed by atoms with E-state index >= 15 is 0 Å². The second-order valence-electron chi connectivity index (χ2n) is 5.65. The van der Waals surface area contributed by atoms with Crippen molar-refractivity contribution in [2.24, 2.45) is 0 Å². The maximum Gasteiger partial charge on any atom is -0.0630 e. The van der Waals surface area contributed by atoms with E-state index in [9.17, 15) is 0 Å². The van der Waals surface area contributed by atoms with Crippen LogP contribution in [0.15, 0.2) is 24.3 Å². The molecule has 0 N–H and O–H groups in total. The minimum atomic E-state index is 0. The molecular weight excluding hydrogens is 406 g/mol. The fraction of sp³-hybridized carbons (Fsp3) is 0.444. The zero-order valence-corrected chi connectivity index (χ0v) is 20.0. The average Bonchev–Trinajstić information content (AvgIpc) is 2.80. The third-order valence-electron chi connectivity index (χ3n) is 3.53. The van der Waals surface area contributed by atoms with Crippen molar-refractivity contribution < 1.29 is 48.1 Å². The van der Waals surface area contributed by atoms with Gasteiger partial charge in [0.2, 0.25) is 0 Å². The Morgan fingerprint density at radius 3 is 1.05 bits per heavy atom. The largest absolute Gasteiger partial charge is 1.00 e. The minimum Gasteiger partial charge on any atom is -1.00 e. The zero-order valence-electron chi connectivity index (χ0n) is 15.1. The molecule has 0 aliphatic heterocycles. The Bertz CT molecular complexity index is 466. The van der Waals surface area contributed by atoms with Gasteiger partial charge < -0.3 is 24.8 Å². The standard InChI is InChI=1S/2C8H11.C2H6Si.2ClH.Zr/c2*1-6-4-5-7(2)8(6)3;1-3-2;;;/h2*4-5H,1-3H3;1-2H3;2*1H;/q2*-1;;;;+2/p-2. The molecule has 2 aromatic carbocycles. The van der Waals surface area contributed by atoms with Crippen LogP contribution in [0.1, 0.15) is 33.4 Å². The summed E-state index contributed by atoms with van der Waals surface area (Å²) in [7, 11) is 0. The van der Waals surface area contributed by atoms with Gasteiger partial charge in [-0.1, -0.05) is 41.5 Å². The maximum atomic E-state index is 2.31. The van der Waals surface area contributed by atoms with E-state index in [0.29, 0.717) is 0 Å². The Kier molecular flexibility index (Phi) is 17.1. The average molecular weight is 435 g/mol. The van der Waals surface area contributed by atoms with Crippen LogP contribution in [0.25, 0.3) is 0 Å². The monoisotopic (exact) mass is 432 g/mol. The van der Waals surface area contributed by atoms with Gasteiger partial charge in [0.25, 0.3) is 0 Å². The Morgan fingerprint density at radius 1 is 0.773 bits per heavy atom. The quantitative estimate of drug-likeness (QED) is 0.386. The van der Waals surface area contributed by atoms with E-state index in [2.05, 4.69) is 78.9 Å². The van der Waals surface area contributed by atoms with E-state index in [-0.39, 0.29) is 30.2 Å². The smallest absolute Gasteiger partial charge is 0.0630 e. The summed E-state index contributed by atoms with van der Waals surface area (Å²) < 4.78 is 0. The van der Waals surface area contributed by atoms with Gasteiger partial charge in [0.1, 0.15) is 0 Å². The van der Waals surface area contributed by atoms with Crippen LogP contribution in [0.5, 0.6) is 0 Å². The van der Waals surface area contributed by atoms with Gasteiger partial charge >= 0.3 is 41.9 Å². The third kappa shape index (κ3) is 11.0. The summed E-state index contributed by atoms with van der Waals surface area (Å²) in [5.41, 5.74) is 8.70. The number of rotatable bonds is 0. The predicted octanol–water partition coefficient (Wildman–Crippen LogP) is -0.546. The van der Waals surface area contributed by atoms with Crippen molar-refractivity contribution in [3.63, 3.8) is 0 Å². The fourth-order valence-corrected chi connectivity index (χ4v) is 1.62. The number of halogens is 2. The van der Waals surface area contributed by atoms with Crippen LogP contribution in [0.2, 0.25) is 13.1 Å². The summed E-state index contributed by atoms with van der Waals surface area (Å²) >= 11 is 1.74. The number of hydrogen-bond donors (Lipinski definition) is 0. The molecule has 0 unspecified atom stereocenters. The van der Waals surface area contributed by atoms with Gasteiger partial charge in [0.15, 0.2) is 0 Å². The topological polar surface area (TPSA) is 0 Å². The van der Waals surface area contributed by atoms with E-state index in [0.717, 1.165) is 0 Å². The SMILES string of the molecule is C[Si](C)=[Zr+2].Cc1cc[c-](C)c1C.Cc1cc[c-](C)c1C.[Cl-].[Cl-]. The van der Waals surface area contributed by atoms with Gasteiger partial charge in [-0.3, -0.25) is 0 Å². The van der Waals surface area contributed by atoms with Crippen LogP contribution in [-0.2, 0) is 23.3 Å². The Hall–Kier alpha value is 0.380. The molecule has 0 spiro atoms. The first-order valence-electron chi connectivity index (χ1n) is 7.07. The molecule has 124 valence electrons. The predicted molar refractivity (Wildman–Crippen MR) is 90.0 cm³/mol. The van der Waals surface area contributed by atoms with Crippen molar-refractivity contribution in [1.29, 1.82) is 0 Å². The first-order valence-corrected chi connectivity index (χ1v) is 13.3. The molecule has 0 aliphatic carbocycles. The van der Waals surface area contributed by atoms with Crippen LogP contribution in [0.4, 0.5) is 0 Å². The Labute approximate surface area is 165 Å². The molecule has 0 aromatic heterocycles. The molecule has 2 aromatic rings. The summed E-state index contributed by atoms with van der Waals surface area (Å²) in [5.74, 6) is 0. The van der Waals surface area contributed by atoms with Crippen LogP contribution in [-0.4, -0.2) is 5.43 Å². The van der Waals surface area contributed by atoms with E-state index in [4.69, 9.17) is 0 Å². The molecule has 0 saturated heterocycles. The first-order chi connectivity index (χ1) is 9.16.